The summed E-state index contributed by atoms with van der Waals surface area (Å²) < 4.78 is 1.84. The molecule has 0 atom stereocenters. The summed E-state index contributed by atoms with van der Waals surface area (Å²) in [6.45, 7) is 4.89. The summed E-state index contributed by atoms with van der Waals surface area (Å²) in [4.78, 5) is 4.28. The molecule has 0 radical (unpaired) electrons. The Kier molecular flexibility index (Phi) is 3.42. The molecule has 0 unspecified atom stereocenters. The van der Waals surface area contributed by atoms with Crippen molar-refractivity contribution < 1.29 is 0 Å². The van der Waals surface area contributed by atoms with E-state index in [1.165, 1.54) is 5.56 Å². The molecule has 0 spiro atoms. The second-order valence-corrected chi connectivity index (χ2v) is 4.18. The zero-order valence-corrected chi connectivity index (χ0v) is 10.6. The van der Waals surface area contributed by atoms with Gasteiger partial charge in [0.25, 0.3) is 0 Å². The van der Waals surface area contributed by atoms with Gasteiger partial charge in [-0.3, -0.25) is 9.67 Å². The van der Waals surface area contributed by atoms with Gasteiger partial charge in [0.05, 0.1) is 11.4 Å². The number of rotatable bonds is 4. The first-order chi connectivity index (χ1) is 8.19. The average Bonchev–Trinajstić information content (AvgIpc) is 2.69. The van der Waals surface area contributed by atoms with E-state index in [1.807, 2.05) is 37.1 Å². The molecular weight excluding hydrogens is 212 g/mol. The lowest BCUT2D eigenvalue weighted by atomic mass is 10.2. The van der Waals surface area contributed by atoms with Crippen LogP contribution in [0.25, 0.3) is 0 Å². The third-order valence-electron chi connectivity index (χ3n) is 2.70. The summed E-state index contributed by atoms with van der Waals surface area (Å²) in [6, 6.07) is 4.12. The molecule has 0 amide bonds. The number of hydrogen-bond donors (Lipinski definition) is 1. The van der Waals surface area contributed by atoms with Gasteiger partial charge in [-0.1, -0.05) is 13.0 Å². The Labute approximate surface area is 102 Å². The topological polar surface area (TPSA) is 42.7 Å². The van der Waals surface area contributed by atoms with E-state index in [9.17, 15) is 0 Å². The number of pyridine rings is 1. The fourth-order valence-electron chi connectivity index (χ4n) is 1.74. The predicted octanol–water partition coefficient (Wildman–Crippen LogP) is 2.30. The molecule has 17 heavy (non-hydrogen) atoms. The Morgan fingerprint density at radius 1 is 1.35 bits per heavy atom. The maximum atomic E-state index is 4.39. The van der Waals surface area contributed by atoms with E-state index in [2.05, 4.69) is 28.4 Å². The molecule has 1 N–H and O–H groups in total. The number of aryl methyl sites for hydroxylation is 3. The molecular formula is C13H18N4. The molecule has 0 aliphatic carbocycles. The van der Waals surface area contributed by atoms with E-state index in [-0.39, 0.29) is 0 Å². The minimum atomic E-state index is 0.784. The van der Waals surface area contributed by atoms with Gasteiger partial charge in [-0.15, -0.1) is 0 Å². The summed E-state index contributed by atoms with van der Waals surface area (Å²) >= 11 is 0. The normalized spacial score (nSPS) is 10.5. The van der Waals surface area contributed by atoms with E-state index >= 15 is 0 Å². The van der Waals surface area contributed by atoms with Gasteiger partial charge >= 0.3 is 0 Å². The van der Waals surface area contributed by atoms with Crippen LogP contribution >= 0.6 is 0 Å². The largest absolute Gasteiger partial charge is 0.378 e. The number of hydrogen-bond acceptors (Lipinski definition) is 3. The molecule has 2 heterocycles. The van der Waals surface area contributed by atoms with E-state index in [0.717, 1.165) is 30.0 Å². The van der Waals surface area contributed by atoms with Crippen LogP contribution in [0.15, 0.2) is 24.5 Å². The molecule has 0 bridgehead atoms. The Balaban J connectivity index is 2.04. The smallest absolute Gasteiger partial charge is 0.0853 e. The molecule has 0 saturated carbocycles. The second kappa shape index (κ2) is 4.99. The lowest BCUT2D eigenvalue weighted by Gasteiger charge is -2.05. The van der Waals surface area contributed by atoms with Crippen molar-refractivity contribution >= 4 is 5.69 Å². The standard InChI is InChI=1S/C13H18N4/c1-4-12-13(9-17(3)16-12)15-8-11-6-5-10(2)14-7-11/h5-7,9,15H,4,8H2,1-3H3. The molecule has 4 heteroatoms. The number of nitrogens with zero attached hydrogens (tertiary/aromatic N) is 3. The monoisotopic (exact) mass is 230 g/mol. The van der Waals surface area contributed by atoms with Crippen molar-refractivity contribution in [3.63, 3.8) is 0 Å². The first kappa shape index (κ1) is 11.6. The minimum Gasteiger partial charge on any atom is -0.378 e. The van der Waals surface area contributed by atoms with Crippen molar-refractivity contribution in [2.75, 3.05) is 5.32 Å². The van der Waals surface area contributed by atoms with Gasteiger partial charge in [0.2, 0.25) is 0 Å². The molecule has 0 aromatic carbocycles. The van der Waals surface area contributed by atoms with Crippen LogP contribution < -0.4 is 5.32 Å². The Bertz CT molecular complexity index is 485. The molecule has 0 fully saturated rings. The fraction of sp³-hybridized carbons (Fsp3) is 0.385. The molecule has 2 aromatic rings. The second-order valence-electron chi connectivity index (χ2n) is 4.18. The molecule has 2 aromatic heterocycles. The highest BCUT2D eigenvalue weighted by atomic mass is 15.3. The maximum Gasteiger partial charge on any atom is 0.0853 e. The third-order valence-corrected chi connectivity index (χ3v) is 2.70. The van der Waals surface area contributed by atoms with Crippen molar-refractivity contribution in [3.8, 4) is 0 Å². The van der Waals surface area contributed by atoms with Gasteiger partial charge in [0.15, 0.2) is 0 Å². The zero-order valence-electron chi connectivity index (χ0n) is 10.6. The summed E-state index contributed by atoms with van der Waals surface area (Å²) in [5.74, 6) is 0. The zero-order chi connectivity index (χ0) is 12.3. The molecule has 90 valence electrons. The SMILES string of the molecule is CCc1nn(C)cc1NCc1ccc(C)nc1. The molecule has 0 aliphatic rings. The third kappa shape index (κ3) is 2.84. The van der Waals surface area contributed by atoms with E-state index in [4.69, 9.17) is 0 Å². The number of nitrogens with one attached hydrogen (secondary N) is 1. The van der Waals surface area contributed by atoms with Crippen molar-refractivity contribution in [1.29, 1.82) is 0 Å². The number of aromatic nitrogens is 3. The van der Waals surface area contributed by atoms with Crippen LogP contribution in [0.5, 0.6) is 0 Å². The van der Waals surface area contributed by atoms with Crippen molar-refractivity contribution in [3.05, 3.63) is 41.5 Å². The van der Waals surface area contributed by atoms with Crippen LogP contribution in [-0.4, -0.2) is 14.8 Å². The van der Waals surface area contributed by atoms with Gasteiger partial charge < -0.3 is 5.32 Å². The van der Waals surface area contributed by atoms with Gasteiger partial charge in [0, 0.05) is 31.7 Å². The van der Waals surface area contributed by atoms with E-state index < -0.39 is 0 Å². The lowest BCUT2D eigenvalue weighted by Crippen LogP contribution is -2.01. The lowest BCUT2D eigenvalue weighted by molar-refractivity contribution is 0.746. The Morgan fingerprint density at radius 2 is 2.18 bits per heavy atom. The van der Waals surface area contributed by atoms with Gasteiger partial charge in [0.1, 0.15) is 0 Å². The van der Waals surface area contributed by atoms with Gasteiger partial charge in [-0.2, -0.15) is 5.10 Å². The summed E-state index contributed by atoms with van der Waals surface area (Å²) in [5.41, 5.74) is 4.44. The molecule has 0 saturated heterocycles. The predicted molar refractivity (Wildman–Crippen MR) is 68.9 cm³/mol. The fourth-order valence-corrected chi connectivity index (χ4v) is 1.74. The van der Waals surface area contributed by atoms with Crippen LogP contribution in [0.4, 0.5) is 5.69 Å². The van der Waals surface area contributed by atoms with Crippen molar-refractivity contribution in [2.45, 2.75) is 26.8 Å². The first-order valence-electron chi connectivity index (χ1n) is 5.87. The summed E-state index contributed by atoms with van der Waals surface area (Å²) in [5, 5.41) is 7.79. The minimum absolute atomic E-state index is 0.784. The average molecular weight is 230 g/mol. The Hall–Kier alpha value is -1.84. The molecule has 4 nitrogen and oxygen atoms in total. The highest BCUT2D eigenvalue weighted by Gasteiger charge is 2.04. The quantitative estimate of drug-likeness (QED) is 0.876. The summed E-state index contributed by atoms with van der Waals surface area (Å²) in [7, 11) is 1.94. The van der Waals surface area contributed by atoms with Gasteiger partial charge in [-0.25, -0.2) is 0 Å². The molecule has 2 rings (SSSR count). The highest BCUT2D eigenvalue weighted by Crippen LogP contribution is 2.14. The van der Waals surface area contributed by atoms with Crippen LogP contribution in [0.1, 0.15) is 23.9 Å². The van der Waals surface area contributed by atoms with E-state index in [1.54, 1.807) is 0 Å². The number of anilines is 1. The van der Waals surface area contributed by atoms with Gasteiger partial charge in [-0.05, 0) is 25.0 Å². The highest BCUT2D eigenvalue weighted by molar-refractivity contribution is 5.46. The first-order valence-corrected chi connectivity index (χ1v) is 5.87. The van der Waals surface area contributed by atoms with Crippen LogP contribution in [0.3, 0.4) is 0 Å². The van der Waals surface area contributed by atoms with Crippen LogP contribution in [0.2, 0.25) is 0 Å². The van der Waals surface area contributed by atoms with Crippen molar-refractivity contribution in [2.24, 2.45) is 7.05 Å². The summed E-state index contributed by atoms with van der Waals surface area (Å²) in [6.07, 6.45) is 4.86. The van der Waals surface area contributed by atoms with E-state index in [0.29, 0.717) is 0 Å². The van der Waals surface area contributed by atoms with Crippen molar-refractivity contribution in [1.82, 2.24) is 14.8 Å². The molecule has 0 aliphatic heterocycles. The maximum absolute atomic E-state index is 4.39. The Morgan fingerprint density at radius 3 is 2.82 bits per heavy atom. The van der Waals surface area contributed by atoms with Crippen LogP contribution in [-0.2, 0) is 20.0 Å². The van der Waals surface area contributed by atoms with Crippen LogP contribution in [0, 0.1) is 6.92 Å².